The predicted molar refractivity (Wildman–Crippen MR) is 93.2 cm³/mol. The number of rotatable bonds is 2. The van der Waals surface area contributed by atoms with Crippen LogP contribution in [0.25, 0.3) is 21.9 Å². The molecule has 130 valence electrons. The van der Waals surface area contributed by atoms with Gasteiger partial charge in [-0.1, -0.05) is 0 Å². The van der Waals surface area contributed by atoms with Gasteiger partial charge in [0.25, 0.3) is 5.56 Å². The average Bonchev–Trinajstić information content (AvgIpc) is 3.07. The van der Waals surface area contributed by atoms with Crippen LogP contribution < -0.4 is 11.3 Å². The summed E-state index contributed by atoms with van der Waals surface area (Å²) in [6, 6.07) is 1.96. The molecule has 2 fully saturated rings. The number of carbonyl (C=O) groups is 1. The lowest BCUT2D eigenvalue weighted by Gasteiger charge is -2.35. The molecule has 8 nitrogen and oxygen atoms in total. The minimum Gasteiger partial charge on any atom is -0.346 e. The molecule has 0 radical (unpaired) electrons. The van der Waals surface area contributed by atoms with E-state index >= 15 is 0 Å². The number of nitrogens with zero attached hydrogens (tertiary/aromatic N) is 3. The number of nitrogens with two attached hydrogens (primary N) is 1. The van der Waals surface area contributed by atoms with Crippen LogP contribution in [0.1, 0.15) is 31.7 Å². The van der Waals surface area contributed by atoms with Gasteiger partial charge in [-0.25, -0.2) is 4.98 Å². The van der Waals surface area contributed by atoms with Crippen molar-refractivity contribution in [3.05, 3.63) is 28.8 Å². The normalized spacial score (nSPS) is 22.6. The molecule has 1 saturated carbocycles. The van der Waals surface area contributed by atoms with E-state index in [1.807, 2.05) is 21.8 Å². The highest BCUT2D eigenvalue weighted by atomic mass is 16.2. The number of aromatic amines is 2. The van der Waals surface area contributed by atoms with Gasteiger partial charge >= 0.3 is 0 Å². The van der Waals surface area contributed by atoms with Crippen molar-refractivity contribution in [2.24, 2.45) is 5.73 Å². The lowest BCUT2D eigenvalue weighted by Crippen LogP contribution is -2.49. The predicted octanol–water partition coefficient (Wildman–Crippen LogP) is 0.861. The zero-order valence-electron chi connectivity index (χ0n) is 13.8. The zero-order valence-corrected chi connectivity index (χ0v) is 13.8. The highest BCUT2D eigenvalue weighted by molar-refractivity contribution is 6.02. The van der Waals surface area contributed by atoms with Crippen molar-refractivity contribution in [2.45, 2.75) is 37.3 Å². The second-order valence-electron chi connectivity index (χ2n) is 7.27. The summed E-state index contributed by atoms with van der Waals surface area (Å²) < 4.78 is 1.92. The van der Waals surface area contributed by atoms with Gasteiger partial charge in [0, 0.05) is 30.9 Å². The van der Waals surface area contributed by atoms with Gasteiger partial charge < -0.3 is 15.6 Å². The van der Waals surface area contributed by atoms with Crippen LogP contribution in [0.15, 0.2) is 23.3 Å². The first-order valence-electron chi connectivity index (χ1n) is 8.71. The molecule has 25 heavy (non-hydrogen) atoms. The topological polar surface area (TPSA) is 113 Å². The van der Waals surface area contributed by atoms with E-state index < -0.39 is 5.54 Å². The molecule has 1 unspecified atom stereocenters. The fraction of sp³-hybridized carbons (Fsp3) is 0.471. The summed E-state index contributed by atoms with van der Waals surface area (Å²) in [6.45, 7) is 1.31. The number of amides is 1. The number of H-pyrrole nitrogens is 2. The minimum absolute atomic E-state index is 0.0331. The summed E-state index contributed by atoms with van der Waals surface area (Å²) in [7, 11) is 0. The molecule has 1 aliphatic carbocycles. The molecule has 4 N–H and O–H groups in total. The van der Waals surface area contributed by atoms with E-state index in [1.165, 1.54) is 0 Å². The van der Waals surface area contributed by atoms with Crippen molar-refractivity contribution in [1.29, 1.82) is 0 Å². The van der Waals surface area contributed by atoms with Crippen molar-refractivity contribution in [3.8, 4) is 0 Å². The van der Waals surface area contributed by atoms with Crippen LogP contribution in [0.3, 0.4) is 0 Å². The Bertz CT molecular complexity index is 1040. The molecule has 2 aliphatic rings. The molecule has 1 atom stereocenters. The monoisotopic (exact) mass is 340 g/mol. The molecular formula is C17H20N6O2. The molecule has 0 aromatic carbocycles. The van der Waals surface area contributed by atoms with E-state index in [0.717, 1.165) is 48.8 Å². The second-order valence-corrected chi connectivity index (χ2v) is 7.27. The number of hydrogen-bond donors (Lipinski definition) is 3. The number of aromatic nitrogens is 4. The summed E-state index contributed by atoms with van der Waals surface area (Å²) >= 11 is 0. The van der Waals surface area contributed by atoms with Crippen molar-refractivity contribution >= 4 is 27.8 Å². The molecule has 3 aromatic rings. The maximum Gasteiger partial charge on any atom is 0.273 e. The summed E-state index contributed by atoms with van der Waals surface area (Å²) in [4.78, 5) is 34.2. The van der Waals surface area contributed by atoms with E-state index in [4.69, 9.17) is 5.73 Å². The maximum absolute atomic E-state index is 12.6. The van der Waals surface area contributed by atoms with Gasteiger partial charge in [0.05, 0.1) is 22.5 Å². The molecular weight excluding hydrogens is 320 g/mol. The SMILES string of the molecule is NC1(C(=O)N2CCCC(n3[nH]c(=O)c4cnc5[nH]ccc5c43)C2)CC1. The number of nitrogens with one attached hydrogen (secondary N) is 2. The van der Waals surface area contributed by atoms with Gasteiger partial charge in [-0.15, -0.1) is 0 Å². The molecule has 1 aliphatic heterocycles. The molecule has 0 bridgehead atoms. The standard InChI is InChI=1S/C17H20N6O2/c18-17(4-5-17)16(25)22-7-1-2-10(9-22)23-13-11-3-6-19-14(11)20-8-12(13)15(24)21-23/h3,6,8,10H,1-2,4-5,7,9,18H2,(H,19,20)(H,21,24). The quantitative estimate of drug-likeness (QED) is 0.642. The smallest absolute Gasteiger partial charge is 0.273 e. The summed E-state index contributed by atoms with van der Waals surface area (Å²) in [6.07, 6.45) is 6.78. The van der Waals surface area contributed by atoms with Crippen molar-refractivity contribution in [2.75, 3.05) is 13.1 Å². The number of carbonyl (C=O) groups excluding carboxylic acids is 1. The van der Waals surface area contributed by atoms with Crippen LogP contribution >= 0.6 is 0 Å². The van der Waals surface area contributed by atoms with E-state index in [0.29, 0.717) is 11.9 Å². The van der Waals surface area contributed by atoms with Gasteiger partial charge in [-0.05, 0) is 31.7 Å². The Morgan fingerprint density at radius 3 is 3.00 bits per heavy atom. The largest absolute Gasteiger partial charge is 0.346 e. The average molecular weight is 340 g/mol. The molecule has 1 saturated heterocycles. The first kappa shape index (κ1) is 14.7. The Labute approximate surface area is 143 Å². The maximum atomic E-state index is 12.6. The number of pyridine rings is 1. The fourth-order valence-corrected chi connectivity index (χ4v) is 3.93. The number of likely N-dealkylation sites (tertiary alicyclic amines) is 1. The van der Waals surface area contributed by atoms with Crippen LogP contribution in [0.2, 0.25) is 0 Å². The molecule has 1 amide bonds. The second kappa shape index (κ2) is 4.95. The van der Waals surface area contributed by atoms with E-state index in [1.54, 1.807) is 6.20 Å². The van der Waals surface area contributed by atoms with Gasteiger partial charge in [0.2, 0.25) is 5.91 Å². The van der Waals surface area contributed by atoms with E-state index in [-0.39, 0.29) is 17.5 Å². The number of piperidine rings is 1. The van der Waals surface area contributed by atoms with Crippen LogP contribution in [0.5, 0.6) is 0 Å². The Kier molecular flexibility index (Phi) is 2.91. The summed E-state index contributed by atoms with van der Waals surface area (Å²) in [5.74, 6) is 0.0458. The third-order valence-corrected chi connectivity index (χ3v) is 5.53. The molecule has 5 rings (SSSR count). The van der Waals surface area contributed by atoms with Crippen molar-refractivity contribution in [3.63, 3.8) is 0 Å². The van der Waals surface area contributed by atoms with Crippen LogP contribution in [0, 0.1) is 0 Å². The molecule has 0 spiro atoms. The van der Waals surface area contributed by atoms with Crippen molar-refractivity contribution < 1.29 is 4.79 Å². The van der Waals surface area contributed by atoms with E-state index in [2.05, 4.69) is 15.1 Å². The molecule has 8 heteroatoms. The lowest BCUT2D eigenvalue weighted by atomic mass is 10.0. The highest BCUT2D eigenvalue weighted by Crippen LogP contribution is 2.36. The Balaban J connectivity index is 1.57. The Hall–Kier alpha value is -2.61. The number of fused-ring (bicyclic) bond motifs is 3. The highest BCUT2D eigenvalue weighted by Gasteiger charge is 2.48. The fourth-order valence-electron chi connectivity index (χ4n) is 3.93. The van der Waals surface area contributed by atoms with Crippen LogP contribution in [-0.2, 0) is 4.79 Å². The van der Waals surface area contributed by atoms with Crippen LogP contribution in [-0.4, -0.2) is 49.2 Å². The van der Waals surface area contributed by atoms with Crippen molar-refractivity contribution in [1.82, 2.24) is 24.6 Å². The summed E-state index contributed by atoms with van der Waals surface area (Å²) in [5.41, 5.74) is 6.90. The molecule has 3 aromatic heterocycles. The third kappa shape index (κ3) is 2.13. The van der Waals surface area contributed by atoms with Gasteiger partial charge in [0.15, 0.2) is 0 Å². The third-order valence-electron chi connectivity index (χ3n) is 5.53. The van der Waals surface area contributed by atoms with Gasteiger partial charge in [-0.2, -0.15) is 0 Å². The summed E-state index contributed by atoms with van der Waals surface area (Å²) in [5, 5.41) is 4.45. The minimum atomic E-state index is -0.647. The zero-order chi connectivity index (χ0) is 17.2. The van der Waals surface area contributed by atoms with Crippen LogP contribution in [0.4, 0.5) is 0 Å². The Morgan fingerprint density at radius 1 is 1.36 bits per heavy atom. The lowest BCUT2D eigenvalue weighted by molar-refractivity contribution is -0.135. The van der Waals surface area contributed by atoms with Gasteiger partial charge in [0.1, 0.15) is 5.65 Å². The van der Waals surface area contributed by atoms with E-state index in [9.17, 15) is 9.59 Å². The number of hydrogen-bond acceptors (Lipinski definition) is 4. The van der Waals surface area contributed by atoms with Gasteiger partial charge in [-0.3, -0.25) is 19.4 Å². The first-order chi connectivity index (χ1) is 12.1. The molecule has 4 heterocycles. The first-order valence-corrected chi connectivity index (χ1v) is 8.71. The Morgan fingerprint density at radius 2 is 2.20 bits per heavy atom.